The van der Waals surface area contributed by atoms with Crippen LogP contribution in [0.5, 0.6) is 0 Å². The lowest BCUT2D eigenvalue weighted by Crippen LogP contribution is -2.37. The summed E-state index contributed by atoms with van der Waals surface area (Å²) in [4.78, 5) is 146. The number of carbonyl (C=O) groups excluding carboxylic acids is 6. The van der Waals surface area contributed by atoms with E-state index in [-0.39, 0.29) is 113 Å². The van der Waals surface area contributed by atoms with Crippen molar-refractivity contribution >= 4 is 74.4 Å². The van der Waals surface area contributed by atoms with Crippen LogP contribution in [0.25, 0.3) is 32.9 Å². The number of aromatic nitrogens is 9. The van der Waals surface area contributed by atoms with Gasteiger partial charge >= 0.3 is 11.9 Å². The number of hydroxylamine groups is 4. The van der Waals surface area contributed by atoms with Crippen molar-refractivity contribution in [1.29, 1.82) is 0 Å². The molecule has 124 heavy (non-hydrogen) atoms. The molecule has 14 heterocycles. The lowest BCUT2D eigenvalue weighted by atomic mass is 9.91. The second-order valence-electron chi connectivity index (χ2n) is 34.1. The zero-order valence-corrected chi connectivity index (χ0v) is 70.9. The van der Waals surface area contributed by atoms with Crippen molar-refractivity contribution in [2.24, 2.45) is 0 Å². The molecule has 3 atom stereocenters. The Morgan fingerprint density at radius 1 is 0.452 bits per heavy atom. The third kappa shape index (κ3) is 21.2. The number of benzene rings is 3. The van der Waals surface area contributed by atoms with Crippen LogP contribution >= 0.6 is 0 Å². The number of aliphatic carboxylic acids is 1. The second kappa shape index (κ2) is 40.8. The Bertz CT molecular complexity index is 5570. The number of nitrogens with zero attached hydrogens (tertiary/aromatic N) is 14. The van der Waals surface area contributed by atoms with Crippen LogP contribution < -0.4 is 22.0 Å². The molecular formula is C90H110F3N15O16. The number of piperidine rings is 3. The van der Waals surface area contributed by atoms with Gasteiger partial charge in [0, 0.05) is 195 Å². The van der Waals surface area contributed by atoms with Gasteiger partial charge in [-0.1, -0.05) is 15.5 Å². The highest BCUT2D eigenvalue weighted by molar-refractivity contribution is 6.02. The molecule has 8 aliphatic heterocycles. The minimum atomic E-state index is -0.781. The fraction of sp³-hybridized carbons (Fsp3) is 0.556. The third-order valence-electron chi connectivity index (χ3n) is 26.1. The molecule has 0 saturated carbocycles. The number of carboxylic acids is 1. The number of imide groups is 2. The SMILES string of the molecule is CNC(=O)CCCC1CCCn2c1nc(C)c(CCN1CCC(c3noc4cc(F)ccc34)CC1)c2=O.Cc1nc2n(c(=O)c1CCN1CCC(c3noc4cc(F)ccc34)CC1)CCCC2CCCC(=O)O.Cc1nc2n(c(=O)c1CCN1CCC(c3noc4cc(F)ccc34)CC1)CCCC2CCCC(=O)ON1C(=O)CCC1=O.O=C1CCC(=O)N1O. The standard InChI is InChI=1S/C31H36FN5O6.C28H36FN5O3.C27H33FN4O4.C4H5NO3/c1-19-23(13-17-35-15-11-20(12-16-35)29-24-8-7-22(32)18-25(24)42-34-29)31(41)36-14-3-5-21(30(36)33-19)4-2-6-28(40)43-37-26(38)9-10-27(37)39;1-18-22(28(36)34-13-4-6-20(27(34)31-18)5-3-7-25(35)30-2)12-16-33-14-10-19(11-15-33)26-23-9-8-21(29)17-24(23)37-32-26;1-17-21(27(35)32-12-3-5-19(26(32)29-17)4-2-6-24(33)34)11-15-31-13-9-18(10-14-31)25-22-8-7-20(28)16-23(22)36-30-25;6-3-1-2-4(7)5(3)8/h7-8,18,20-21H,2-6,9-17H2,1H3;8-9,17,19-20H,3-7,10-16H2,1-2H3,(H,30,35);7-8,16,18-19H,2-6,9-15H2,1H3,(H,33,34);8H,1-2H2. The Labute approximate surface area is 713 Å². The summed E-state index contributed by atoms with van der Waals surface area (Å²) in [6, 6.07) is 13.7. The Morgan fingerprint density at radius 3 is 1.09 bits per heavy atom. The zero-order chi connectivity index (χ0) is 87.4. The van der Waals surface area contributed by atoms with Gasteiger partial charge in [0.15, 0.2) is 16.7 Å². The maximum absolute atomic E-state index is 13.6. The molecule has 9 aromatic rings. The first-order valence-corrected chi connectivity index (χ1v) is 44.0. The van der Waals surface area contributed by atoms with Crippen molar-refractivity contribution < 1.29 is 75.5 Å². The molecule has 31 nitrogen and oxygen atoms in total. The quantitative estimate of drug-likeness (QED) is 0.0353. The Kier molecular flexibility index (Phi) is 29.4. The number of rotatable bonds is 25. The average Bonchev–Trinajstić information content (AvgIpc) is 1.21. The van der Waals surface area contributed by atoms with Gasteiger partial charge in [0.2, 0.25) is 5.91 Å². The van der Waals surface area contributed by atoms with Crippen LogP contribution in [0.15, 0.2) is 82.6 Å². The number of hydrogen-bond donors (Lipinski definition) is 3. The summed E-state index contributed by atoms with van der Waals surface area (Å²) in [5.41, 5.74) is 9.15. The van der Waals surface area contributed by atoms with Crippen LogP contribution in [0, 0.1) is 38.2 Å². The number of aryl methyl sites for hydroxylation is 3. The smallest absolute Gasteiger partial charge is 0.333 e. The monoisotopic (exact) mass is 1710 g/mol. The van der Waals surface area contributed by atoms with E-state index < -0.39 is 35.6 Å². The number of carboxylic acid groups (broad SMARTS) is 1. The molecule has 0 bridgehead atoms. The zero-order valence-electron chi connectivity index (χ0n) is 70.9. The molecule has 0 radical (unpaired) electrons. The highest BCUT2D eigenvalue weighted by Gasteiger charge is 2.36. The second-order valence-corrected chi connectivity index (χ2v) is 34.1. The largest absolute Gasteiger partial charge is 0.481 e. The summed E-state index contributed by atoms with van der Waals surface area (Å²) >= 11 is 0. The minimum absolute atomic E-state index is 0.0221. The summed E-state index contributed by atoms with van der Waals surface area (Å²) in [6.07, 6.45) is 18.6. The molecule has 34 heteroatoms. The topological polar surface area (TPSA) is 380 Å². The highest BCUT2D eigenvalue weighted by Crippen LogP contribution is 2.39. The molecule has 6 aromatic heterocycles. The van der Waals surface area contributed by atoms with Crippen molar-refractivity contribution in [3.05, 3.63) is 171 Å². The van der Waals surface area contributed by atoms with E-state index in [1.54, 1.807) is 29.8 Å². The molecule has 8 aliphatic rings. The Hall–Kier alpha value is -11.0. The highest BCUT2D eigenvalue weighted by atomic mass is 19.1. The molecule has 0 spiro atoms. The van der Waals surface area contributed by atoms with Crippen LogP contribution in [-0.2, 0) is 77.3 Å². The van der Waals surface area contributed by atoms with E-state index in [0.29, 0.717) is 85.8 Å². The van der Waals surface area contributed by atoms with Gasteiger partial charge in [0.25, 0.3) is 40.3 Å². The number of likely N-dealkylation sites (tertiary alicyclic amines) is 3. The van der Waals surface area contributed by atoms with Gasteiger partial charge in [-0.2, -0.15) is 5.06 Å². The molecule has 17 rings (SSSR count). The van der Waals surface area contributed by atoms with E-state index in [0.717, 1.165) is 246 Å². The third-order valence-corrected chi connectivity index (χ3v) is 26.1. The molecule has 0 aliphatic carbocycles. The first-order valence-electron chi connectivity index (χ1n) is 44.0. The summed E-state index contributed by atoms with van der Waals surface area (Å²) < 4.78 is 62.1. The van der Waals surface area contributed by atoms with Crippen LogP contribution in [0.1, 0.15) is 264 Å². The van der Waals surface area contributed by atoms with Gasteiger partial charge in [-0.15, -0.1) is 5.06 Å². The molecular weight excluding hydrogens is 1600 g/mol. The van der Waals surface area contributed by atoms with Gasteiger partial charge < -0.3 is 43.5 Å². The van der Waals surface area contributed by atoms with Gasteiger partial charge in [0.1, 0.15) is 34.9 Å². The number of amides is 5. The number of hydrogen-bond acceptors (Lipinski definition) is 24. The van der Waals surface area contributed by atoms with Crippen molar-refractivity contribution in [2.75, 3.05) is 66.0 Å². The number of nitrogens with one attached hydrogen (secondary N) is 1. The normalized spacial score (nSPS) is 19.3. The fourth-order valence-corrected chi connectivity index (χ4v) is 19.1. The lowest BCUT2D eigenvalue weighted by molar-refractivity contribution is -0.197. The maximum atomic E-state index is 13.6. The minimum Gasteiger partial charge on any atom is -0.481 e. The van der Waals surface area contributed by atoms with Crippen LogP contribution in [-0.4, -0.2) is 187 Å². The van der Waals surface area contributed by atoms with Crippen LogP contribution in [0.2, 0.25) is 0 Å². The molecule has 5 saturated heterocycles. The molecule has 3 unspecified atom stereocenters. The van der Waals surface area contributed by atoms with Crippen molar-refractivity contribution in [2.45, 2.75) is 256 Å². The van der Waals surface area contributed by atoms with Crippen molar-refractivity contribution in [3.63, 3.8) is 0 Å². The van der Waals surface area contributed by atoms with E-state index in [9.17, 15) is 61.1 Å². The van der Waals surface area contributed by atoms with Gasteiger partial charge in [-0.05, 0) is 231 Å². The van der Waals surface area contributed by atoms with Crippen molar-refractivity contribution in [3.8, 4) is 0 Å². The van der Waals surface area contributed by atoms with Crippen molar-refractivity contribution in [1.82, 2.24) is 74.3 Å². The van der Waals surface area contributed by atoms with E-state index in [1.165, 1.54) is 36.4 Å². The first kappa shape index (κ1) is 89.3. The number of carbonyl (C=O) groups is 7. The predicted molar refractivity (Wildman–Crippen MR) is 447 cm³/mol. The summed E-state index contributed by atoms with van der Waals surface area (Å²) in [5.74, 6) is -0.509. The van der Waals surface area contributed by atoms with Gasteiger partial charge in [-0.3, -0.25) is 62.1 Å². The summed E-state index contributed by atoms with van der Waals surface area (Å²) in [5, 5.41) is 36.1. The summed E-state index contributed by atoms with van der Waals surface area (Å²) in [7, 11) is 1.66. The molecule has 3 aromatic carbocycles. The van der Waals surface area contributed by atoms with Crippen LogP contribution in [0.3, 0.4) is 0 Å². The van der Waals surface area contributed by atoms with E-state index in [2.05, 4.69) is 35.5 Å². The first-order chi connectivity index (χ1) is 59.8. The van der Waals surface area contributed by atoms with Gasteiger partial charge in [0.05, 0.1) is 17.1 Å². The molecule has 5 amide bonds. The summed E-state index contributed by atoms with van der Waals surface area (Å²) in [6.45, 7) is 15.6. The van der Waals surface area contributed by atoms with E-state index in [1.807, 2.05) is 29.9 Å². The maximum Gasteiger partial charge on any atom is 0.333 e. The lowest BCUT2D eigenvalue weighted by Gasteiger charge is -2.31. The molecule has 662 valence electrons. The molecule has 5 fully saturated rings. The van der Waals surface area contributed by atoms with E-state index in [4.69, 9.17) is 43.7 Å². The Morgan fingerprint density at radius 2 is 0.774 bits per heavy atom. The predicted octanol–water partition coefficient (Wildman–Crippen LogP) is 11.9. The number of halogens is 3. The van der Waals surface area contributed by atoms with Crippen LogP contribution in [0.4, 0.5) is 13.2 Å². The van der Waals surface area contributed by atoms with Gasteiger partial charge in [-0.25, -0.2) is 32.9 Å². The fourth-order valence-electron chi connectivity index (χ4n) is 19.1. The average molecular weight is 1710 g/mol. The number of fused-ring (bicyclic) bond motifs is 6. The molecule has 3 N–H and O–H groups in total. The Balaban J connectivity index is 0.000000145. The van der Waals surface area contributed by atoms with E-state index >= 15 is 0 Å².